The minimum absolute atomic E-state index is 0. The predicted octanol–water partition coefficient (Wildman–Crippen LogP) is 19.0. The summed E-state index contributed by atoms with van der Waals surface area (Å²) < 4.78 is 1.66. The van der Waals surface area contributed by atoms with E-state index in [-0.39, 0.29) is 16.5 Å². The zero-order valence-corrected chi connectivity index (χ0v) is 41.3. The summed E-state index contributed by atoms with van der Waals surface area (Å²) in [5.41, 5.74) is 25.6. The molecule has 59 heavy (non-hydrogen) atoms. The van der Waals surface area contributed by atoms with Crippen LogP contribution in [0.2, 0.25) is 0 Å². The second-order valence-electron chi connectivity index (χ2n) is 17.2. The maximum absolute atomic E-state index is 12.5. The van der Waals surface area contributed by atoms with Gasteiger partial charge in [0.2, 0.25) is 11.4 Å². The largest absolute Gasteiger partial charge is 2.00 e. The Labute approximate surface area is 379 Å². The molecule has 1 aliphatic heterocycles. The summed E-state index contributed by atoms with van der Waals surface area (Å²) in [6.07, 6.45) is 36.2. The van der Waals surface area contributed by atoms with Crippen molar-refractivity contribution < 1.29 is 21.2 Å². The zero-order chi connectivity index (χ0) is 42.8. The summed E-state index contributed by atoms with van der Waals surface area (Å²) >= 11 is 0. The van der Waals surface area contributed by atoms with Gasteiger partial charge in [-0.2, -0.15) is 12.8 Å². The Kier molecular flexibility index (Phi) is 36.5. The van der Waals surface area contributed by atoms with E-state index in [1.54, 1.807) is 4.70 Å². The smallest absolute Gasteiger partial charge is 0.493 e. The monoisotopic (exact) mass is 853 g/mol. The van der Waals surface area contributed by atoms with E-state index in [1.807, 2.05) is 0 Å². The molecule has 0 spiro atoms. The van der Waals surface area contributed by atoms with Crippen molar-refractivity contribution in [3.8, 4) is 0 Å². The summed E-state index contributed by atoms with van der Waals surface area (Å²) in [5.74, 6) is 0. The van der Waals surface area contributed by atoms with Crippen LogP contribution >= 0.6 is 0 Å². The Bertz CT molecular complexity index is 1250. The number of aryl methyl sites for hydroxylation is 4. The minimum Gasteiger partial charge on any atom is -0.493 e. The van der Waals surface area contributed by atoms with Crippen LogP contribution in [-0.4, -0.2) is 4.70 Å². The minimum atomic E-state index is 0. The molecule has 0 bridgehead atoms. The molecule has 0 radical (unpaired) electrons. The van der Waals surface area contributed by atoms with Crippen LogP contribution in [0.3, 0.4) is 0 Å². The summed E-state index contributed by atoms with van der Waals surface area (Å²) in [7, 11) is 0. The van der Waals surface area contributed by atoms with Crippen LogP contribution in [0.5, 0.6) is 0 Å². The molecule has 0 aliphatic carbocycles. The van der Waals surface area contributed by atoms with Gasteiger partial charge in [0.25, 0.3) is 0 Å². The average Bonchev–Trinajstić information content (AvgIpc) is 3.52. The van der Waals surface area contributed by atoms with Crippen molar-refractivity contribution >= 4 is 11.4 Å². The van der Waals surface area contributed by atoms with Gasteiger partial charge in [0.15, 0.2) is 0 Å². The van der Waals surface area contributed by atoms with Crippen molar-refractivity contribution in [2.75, 3.05) is 0 Å². The SMILES string of the molecule is CCCCCCC1=C(c2cc(CCCC)cc(CCCC)c2)[N+](=[N-])C(c2cc(CCCC)cc(CCCC)c2)=C1CCCCCC.[CH2-]CCCCC.[CH2-]CCCCC.[Ni+2]. The van der Waals surface area contributed by atoms with Crippen LogP contribution in [0.25, 0.3) is 16.9 Å². The van der Waals surface area contributed by atoms with E-state index in [2.05, 4.69) is 106 Å². The first-order valence-corrected chi connectivity index (χ1v) is 25.1. The molecule has 0 fully saturated rings. The molecule has 0 unspecified atom stereocenters. The summed E-state index contributed by atoms with van der Waals surface area (Å²) in [6, 6.07) is 14.6. The Hall–Kier alpha value is -1.99. The van der Waals surface area contributed by atoms with E-state index in [1.165, 1.54) is 186 Å². The molecule has 2 nitrogen and oxygen atoms in total. The molecule has 338 valence electrons. The summed E-state index contributed by atoms with van der Waals surface area (Å²) in [6.45, 7) is 25.6. The fourth-order valence-corrected chi connectivity index (χ4v) is 8.00. The Morgan fingerprint density at radius 1 is 0.356 bits per heavy atom. The van der Waals surface area contributed by atoms with Crippen LogP contribution in [0, 0.1) is 13.8 Å². The summed E-state index contributed by atoms with van der Waals surface area (Å²) in [5, 5.41) is 0. The van der Waals surface area contributed by atoms with Gasteiger partial charge in [-0.3, -0.25) is 0 Å². The third kappa shape index (κ3) is 23.2. The first kappa shape index (κ1) is 57.0. The number of hydrogen-bond acceptors (Lipinski definition) is 0. The number of benzene rings is 2. The number of hydrogen-bond donors (Lipinski definition) is 0. The molecule has 1 aliphatic rings. The van der Waals surface area contributed by atoms with Gasteiger partial charge in [0, 0.05) is 22.3 Å². The topological polar surface area (TPSA) is 25.3 Å². The van der Waals surface area contributed by atoms with Gasteiger partial charge in [-0.05, 0) is 124 Å². The molecule has 0 aromatic heterocycles. The van der Waals surface area contributed by atoms with Crippen molar-refractivity contribution in [1.29, 1.82) is 0 Å². The molecular weight excluding hydrogens is 759 g/mol. The van der Waals surface area contributed by atoms with Crippen LogP contribution in [-0.2, 0) is 42.2 Å². The van der Waals surface area contributed by atoms with Gasteiger partial charge in [-0.25, -0.2) is 4.70 Å². The molecule has 2 aromatic rings. The van der Waals surface area contributed by atoms with Gasteiger partial charge < -0.3 is 19.4 Å². The van der Waals surface area contributed by atoms with E-state index in [0.717, 1.165) is 62.8 Å². The van der Waals surface area contributed by atoms with Crippen molar-refractivity contribution in [3.05, 3.63) is 100 Å². The molecule has 0 atom stereocenters. The molecule has 0 saturated carbocycles. The first-order valence-electron chi connectivity index (χ1n) is 25.1. The van der Waals surface area contributed by atoms with Crippen LogP contribution < -0.4 is 0 Å². The summed E-state index contributed by atoms with van der Waals surface area (Å²) in [4.78, 5) is 0. The van der Waals surface area contributed by atoms with E-state index in [9.17, 15) is 5.53 Å². The second kappa shape index (κ2) is 37.7. The quantitative estimate of drug-likeness (QED) is 0.0324. The molecular formula is C56H94N2Ni. The molecule has 0 saturated heterocycles. The van der Waals surface area contributed by atoms with E-state index in [4.69, 9.17) is 0 Å². The number of nitrogens with zero attached hydrogens (tertiary/aromatic N) is 2. The van der Waals surface area contributed by atoms with E-state index >= 15 is 0 Å². The fourth-order valence-electron chi connectivity index (χ4n) is 8.00. The number of unbranched alkanes of at least 4 members (excludes halogenated alkanes) is 16. The fraction of sp³-hybridized carbons (Fsp3) is 0.679. The van der Waals surface area contributed by atoms with Gasteiger partial charge in [0.05, 0.1) is 0 Å². The Morgan fingerprint density at radius 2 is 0.627 bits per heavy atom. The van der Waals surface area contributed by atoms with Crippen LogP contribution in [0.4, 0.5) is 0 Å². The van der Waals surface area contributed by atoms with Crippen molar-refractivity contribution in [2.45, 2.75) is 248 Å². The third-order valence-electron chi connectivity index (χ3n) is 11.6. The molecule has 1 heterocycles. The first-order chi connectivity index (χ1) is 28.3. The van der Waals surface area contributed by atoms with Gasteiger partial charge in [-0.1, -0.05) is 170 Å². The van der Waals surface area contributed by atoms with Crippen LogP contribution in [0.1, 0.15) is 256 Å². The van der Waals surface area contributed by atoms with E-state index in [0.29, 0.717) is 0 Å². The van der Waals surface area contributed by atoms with Crippen molar-refractivity contribution in [2.24, 2.45) is 0 Å². The number of rotatable bonds is 30. The molecule has 0 N–H and O–H groups in total. The van der Waals surface area contributed by atoms with Gasteiger partial charge >= 0.3 is 16.5 Å². The maximum atomic E-state index is 12.5. The Morgan fingerprint density at radius 3 is 0.864 bits per heavy atom. The maximum Gasteiger partial charge on any atom is 2.00 e. The van der Waals surface area contributed by atoms with Crippen LogP contribution in [0.15, 0.2) is 47.5 Å². The number of allylic oxidation sites excluding steroid dienone is 2. The Balaban J connectivity index is 0.00000225. The molecule has 3 heteroatoms. The standard InChI is InChI=1S/C44H68N2.2C6H13.Ni/c1-7-13-19-21-27-41-42(28-22-20-14-8-2)44(40-33-37(25-17-11-5)30-38(34-40)26-18-12-6)46(45)43(41)39-31-35(23-15-9-3)29-36(32-39)24-16-10-4;2*1-3-5-6-4-2;/h29-34H,7-28H2,1-6H3;2*1,3-6H2,2H3;/q;2*-1;+2. The average molecular weight is 854 g/mol. The van der Waals surface area contributed by atoms with Crippen molar-refractivity contribution in [3.63, 3.8) is 0 Å². The molecule has 2 aromatic carbocycles. The van der Waals surface area contributed by atoms with E-state index < -0.39 is 0 Å². The predicted molar refractivity (Wildman–Crippen MR) is 261 cm³/mol. The second-order valence-corrected chi connectivity index (χ2v) is 17.2. The van der Waals surface area contributed by atoms with Gasteiger partial charge in [0.1, 0.15) is 0 Å². The van der Waals surface area contributed by atoms with Crippen molar-refractivity contribution in [1.82, 2.24) is 0 Å². The van der Waals surface area contributed by atoms with Gasteiger partial charge in [-0.15, -0.1) is 0 Å². The normalized spacial score (nSPS) is 12.3. The zero-order valence-electron chi connectivity index (χ0n) is 40.3. The molecule has 0 amide bonds. The molecule has 3 rings (SSSR count). The third-order valence-corrected chi connectivity index (χ3v) is 11.6.